The molecular weight excluding hydrogens is 517 g/mol. The van der Waals surface area contributed by atoms with Gasteiger partial charge in [0.2, 0.25) is 10.0 Å². The Morgan fingerprint density at radius 3 is 2.22 bits per heavy atom. The zero-order valence-electron chi connectivity index (χ0n) is 16.6. The first-order valence-corrected chi connectivity index (χ1v) is 12.8. The Labute approximate surface area is 202 Å². The molecule has 11 heteroatoms. The highest BCUT2D eigenvalue weighted by atomic mass is 35.5. The van der Waals surface area contributed by atoms with E-state index >= 15 is 0 Å². The summed E-state index contributed by atoms with van der Waals surface area (Å²) < 4.78 is 34.1. The maximum Gasteiger partial charge on any atom is 0.322 e. The first kappa shape index (κ1) is 23.4. The molecule has 4 rings (SSSR count). The van der Waals surface area contributed by atoms with Crippen molar-refractivity contribution >= 4 is 84.1 Å². The van der Waals surface area contributed by atoms with Gasteiger partial charge in [-0.3, -0.25) is 4.79 Å². The maximum atomic E-state index is 12.8. The van der Waals surface area contributed by atoms with Crippen LogP contribution >= 0.6 is 46.1 Å². The van der Waals surface area contributed by atoms with Crippen molar-refractivity contribution in [3.05, 3.63) is 50.8 Å². The lowest BCUT2D eigenvalue weighted by molar-refractivity contribution is -0.140. The smallest absolute Gasteiger partial charge is 0.322 e. The van der Waals surface area contributed by atoms with E-state index in [1.807, 2.05) is 12.1 Å². The number of hydrogen-bond donors (Lipinski definition) is 2. The van der Waals surface area contributed by atoms with E-state index in [4.69, 9.17) is 39.2 Å². The Bertz CT molecular complexity index is 1470. The summed E-state index contributed by atoms with van der Waals surface area (Å²) >= 11 is 19.7. The number of benzene rings is 2. The minimum Gasteiger partial charge on any atom is -0.480 e. The highest BCUT2D eigenvalue weighted by Gasteiger charge is 2.28. The predicted octanol–water partition coefficient (Wildman–Crippen LogP) is 6.66. The molecule has 0 spiro atoms. The van der Waals surface area contributed by atoms with Gasteiger partial charge in [-0.1, -0.05) is 54.7 Å². The molecule has 2 aromatic carbocycles. The SMILES string of the molecule is CC(C)[C@H](NS(=O)(=O)c1ccc2c(c1)oc1cc(-c3sc(Cl)c(Cl)c3Cl)ccc12)C(=O)O. The quantitative estimate of drug-likeness (QED) is 0.289. The molecule has 4 aromatic rings. The number of furan rings is 1. The van der Waals surface area contributed by atoms with Crippen molar-refractivity contribution in [2.75, 3.05) is 0 Å². The van der Waals surface area contributed by atoms with Gasteiger partial charge in [0.15, 0.2) is 0 Å². The molecule has 0 saturated heterocycles. The molecule has 0 bridgehead atoms. The molecule has 1 atom stereocenters. The van der Waals surface area contributed by atoms with Crippen LogP contribution in [0, 0.1) is 5.92 Å². The second-order valence-corrected chi connectivity index (χ2v) is 11.6. The van der Waals surface area contributed by atoms with Crippen LogP contribution in [0.15, 0.2) is 45.7 Å². The third-order valence-corrected chi connectivity index (χ3v) is 9.05. The van der Waals surface area contributed by atoms with Crippen molar-refractivity contribution in [1.82, 2.24) is 4.72 Å². The number of fused-ring (bicyclic) bond motifs is 3. The van der Waals surface area contributed by atoms with E-state index in [0.717, 1.165) is 16.3 Å². The number of aliphatic carboxylic acids is 1. The second kappa shape index (κ2) is 8.52. The van der Waals surface area contributed by atoms with Gasteiger partial charge in [0, 0.05) is 16.8 Å². The summed E-state index contributed by atoms with van der Waals surface area (Å²) in [5, 5.41) is 11.5. The summed E-state index contributed by atoms with van der Waals surface area (Å²) in [5.41, 5.74) is 1.64. The fourth-order valence-electron chi connectivity index (χ4n) is 3.32. The van der Waals surface area contributed by atoms with Crippen LogP contribution in [0.4, 0.5) is 0 Å². The van der Waals surface area contributed by atoms with Crippen LogP contribution in [0.5, 0.6) is 0 Å². The van der Waals surface area contributed by atoms with Gasteiger partial charge in [0.25, 0.3) is 0 Å². The summed E-state index contributed by atoms with van der Waals surface area (Å²) in [4.78, 5) is 12.0. The van der Waals surface area contributed by atoms with Gasteiger partial charge in [0.05, 0.1) is 19.8 Å². The molecule has 0 radical (unpaired) electrons. The second-order valence-electron chi connectivity index (χ2n) is 7.49. The monoisotopic (exact) mass is 531 g/mol. The Balaban J connectivity index is 1.77. The molecular formula is C21H16Cl3NO5S2. The molecule has 168 valence electrons. The Morgan fingerprint density at radius 2 is 1.66 bits per heavy atom. The number of sulfonamides is 1. The van der Waals surface area contributed by atoms with Crippen LogP contribution in [-0.2, 0) is 14.8 Å². The van der Waals surface area contributed by atoms with Gasteiger partial charge in [-0.15, -0.1) is 11.3 Å². The average molecular weight is 533 g/mol. The number of carboxylic acids is 1. The lowest BCUT2D eigenvalue weighted by Crippen LogP contribution is -2.44. The third-order valence-electron chi connectivity index (χ3n) is 4.99. The van der Waals surface area contributed by atoms with Crippen LogP contribution in [-0.4, -0.2) is 25.5 Å². The van der Waals surface area contributed by atoms with Gasteiger partial charge in [-0.05, 0) is 35.7 Å². The van der Waals surface area contributed by atoms with Crippen molar-refractivity contribution in [3.63, 3.8) is 0 Å². The summed E-state index contributed by atoms with van der Waals surface area (Å²) in [5.74, 6) is -1.67. The summed E-state index contributed by atoms with van der Waals surface area (Å²) in [6.45, 7) is 3.25. The minimum atomic E-state index is -4.07. The third kappa shape index (κ3) is 4.11. The largest absolute Gasteiger partial charge is 0.480 e. The zero-order chi connectivity index (χ0) is 23.4. The van der Waals surface area contributed by atoms with Gasteiger partial charge in [-0.25, -0.2) is 8.42 Å². The lowest BCUT2D eigenvalue weighted by Gasteiger charge is -2.17. The molecule has 0 aliphatic heterocycles. The fraction of sp³-hybridized carbons (Fsp3) is 0.190. The van der Waals surface area contributed by atoms with Crippen molar-refractivity contribution in [2.45, 2.75) is 24.8 Å². The van der Waals surface area contributed by atoms with Crippen LogP contribution < -0.4 is 4.72 Å². The molecule has 2 N–H and O–H groups in total. The number of rotatable bonds is 6. The van der Waals surface area contributed by atoms with E-state index in [0.29, 0.717) is 30.4 Å². The first-order chi connectivity index (χ1) is 15.0. The van der Waals surface area contributed by atoms with E-state index in [1.54, 1.807) is 26.0 Å². The maximum absolute atomic E-state index is 12.8. The van der Waals surface area contributed by atoms with Crippen LogP contribution in [0.25, 0.3) is 32.4 Å². The van der Waals surface area contributed by atoms with E-state index in [1.165, 1.54) is 23.5 Å². The highest BCUT2D eigenvalue weighted by molar-refractivity contribution is 7.89. The average Bonchev–Trinajstić information content (AvgIpc) is 3.22. The normalized spacial score (nSPS) is 13.3. The highest BCUT2D eigenvalue weighted by Crippen LogP contribution is 2.46. The van der Waals surface area contributed by atoms with E-state index in [9.17, 15) is 18.3 Å². The molecule has 32 heavy (non-hydrogen) atoms. The molecule has 0 fully saturated rings. The van der Waals surface area contributed by atoms with Crippen molar-refractivity contribution in [3.8, 4) is 10.4 Å². The van der Waals surface area contributed by atoms with Crippen molar-refractivity contribution < 1.29 is 22.7 Å². The van der Waals surface area contributed by atoms with Gasteiger partial charge >= 0.3 is 5.97 Å². The number of carbonyl (C=O) groups is 1. The molecule has 0 amide bonds. The summed E-state index contributed by atoms with van der Waals surface area (Å²) in [6, 6.07) is 8.67. The van der Waals surface area contributed by atoms with E-state index in [2.05, 4.69) is 4.72 Å². The predicted molar refractivity (Wildman–Crippen MR) is 129 cm³/mol. The van der Waals surface area contributed by atoms with Gasteiger partial charge < -0.3 is 9.52 Å². The fourth-order valence-corrected chi connectivity index (χ4v) is 6.50. The van der Waals surface area contributed by atoms with Gasteiger partial charge in [0.1, 0.15) is 21.5 Å². The Morgan fingerprint density at radius 1 is 1.03 bits per heavy atom. The number of halogens is 3. The number of hydrogen-bond acceptors (Lipinski definition) is 5. The van der Waals surface area contributed by atoms with Crippen molar-refractivity contribution in [1.29, 1.82) is 0 Å². The number of carboxylic acid groups (broad SMARTS) is 1. The van der Waals surface area contributed by atoms with E-state index < -0.39 is 28.0 Å². The summed E-state index contributed by atoms with van der Waals surface area (Å²) in [7, 11) is -4.07. The van der Waals surface area contributed by atoms with Crippen LogP contribution in [0.3, 0.4) is 0 Å². The summed E-state index contributed by atoms with van der Waals surface area (Å²) in [6.07, 6.45) is 0. The molecule has 0 unspecified atom stereocenters. The Hall–Kier alpha value is -1.81. The topological polar surface area (TPSA) is 96.6 Å². The standard InChI is InChI=1S/C21H16Cl3NO5S2/c1-9(2)18(21(26)27)25-32(28,29)11-4-6-13-12-5-3-10(7-14(12)30-15(13)8-11)19-16(22)17(23)20(24)31-19/h3-9,18,25H,1-2H3,(H,26,27)/t18-/m0/s1. The molecule has 6 nitrogen and oxygen atoms in total. The number of nitrogens with one attached hydrogen (secondary N) is 1. The van der Waals surface area contributed by atoms with Gasteiger partial charge in [-0.2, -0.15) is 4.72 Å². The molecule has 0 aliphatic rings. The lowest BCUT2D eigenvalue weighted by atomic mass is 10.1. The first-order valence-electron chi connectivity index (χ1n) is 9.34. The number of thiophene rings is 1. The molecule has 2 aromatic heterocycles. The molecule has 0 aliphatic carbocycles. The van der Waals surface area contributed by atoms with Crippen LogP contribution in [0.2, 0.25) is 14.4 Å². The minimum absolute atomic E-state index is 0.0870. The van der Waals surface area contributed by atoms with Crippen molar-refractivity contribution in [2.24, 2.45) is 5.92 Å². The molecule has 2 heterocycles. The van der Waals surface area contributed by atoms with E-state index in [-0.39, 0.29) is 4.90 Å². The van der Waals surface area contributed by atoms with Crippen LogP contribution in [0.1, 0.15) is 13.8 Å². The molecule has 0 saturated carbocycles. The Kier molecular flexibility index (Phi) is 6.21. The zero-order valence-corrected chi connectivity index (χ0v) is 20.6.